The average Bonchev–Trinajstić information content (AvgIpc) is 2.83. The number of ether oxygens (including phenoxy) is 2. The Hall–Kier alpha value is -2.34. The number of hydrogen-bond donors (Lipinski definition) is 0. The molecule has 0 saturated carbocycles. The van der Waals surface area contributed by atoms with E-state index < -0.39 is 10.0 Å². The summed E-state index contributed by atoms with van der Waals surface area (Å²) in [6.07, 6.45) is 1.37. The summed E-state index contributed by atoms with van der Waals surface area (Å²) in [6, 6.07) is 8.89. The first-order chi connectivity index (χ1) is 15.8. The number of piperazine rings is 1. The summed E-state index contributed by atoms with van der Waals surface area (Å²) in [5.41, 5.74) is 0.955. The van der Waals surface area contributed by atoms with Gasteiger partial charge in [-0.2, -0.15) is 4.31 Å². The number of carbonyl (C=O) groups is 1. The number of likely N-dealkylation sites (N-methyl/N-ethyl adjacent to an activating group) is 1. The molecule has 1 fully saturated rings. The van der Waals surface area contributed by atoms with Crippen molar-refractivity contribution in [2.45, 2.75) is 16.5 Å². The van der Waals surface area contributed by atoms with Crippen molar-refractivity contribution in [1.29, 1.82) is 0 Å². The molecule has 11 heteroatoms. The van der Waals surface area contributed by atoms with Crippen LogP contribution >= 0.6 is 11.8 Å². The van der Waals surface area contributed by atoms with Crippen LogP contribution in [0.25, 0.3) is 0 Å². The van der Waals surface area contributed by atoms with Gasteiger partial charge in [-0.15, -0.1) is 0 Å². The lowest BCUT2D eigenvalue weighted by atomic mass is 10.2. The highest BCUT2D eigenvalue weighted by Gasteiger charge is 2.27. The second kappa shape index (κ2) is 10.3. The second-order valence-corrected chi connectivity index (χ2v) is 11.0. The van der Waals surface area contributed by atoms with Gasteiger partial charge in [0.2, 0.25) is 15.9 Å². The van der Waals surface area contributed by atoms with E-state index in [4.69, 9.17) is 9.47 Å². The molecule has 0 spiro atoms. The molecule has 0 unspecified atom stereocenters. The fourth-order valence-corrected chi connectivity index (χ4v) is 5.73. The Labute approximate surface area is 198 Å². The first-order valence-corrected chi connectivity index (χ1v) is 13.2. The third-order valence-corrected chi connectivity index (χ3v) is 8.42. The third kappa shape index (κ3) is 5.78. The van der Waals surface area contributed by atoms with Crippen LogP contribution in [0.5, 0.6) is 11.5 Å². The number of pyridine rings is 1. The van der Waals surface area contributed by atoms with Gasteiger partial charge in [-0.1, -0.05) is 17.8 Å². The summed E-state index contributed by atoms with van der Waals surface area (Å²) in [6.45, 7) is 3.87. The molecule has 0 radical (unpaired) electrons. The lowest BCUT2D eigenvalue weighted by Crippen LogP contribution is -2.47. The normalized spacial score (nSPS) is 17.0. The first-order valence-electron chi connectivity index (χ1n) is 10.7. The molecule has 0 bridgehead atoms. The number of aromatic nitrogens is 1. The molecule has 1 aromatic heterocycles. The number of hydrogen-bond acceptors (Lipinski definition) is 8. The molecule has 4 rings (SSSR count). The number of rotatable bonds is 7. The molecule has 9 nitrogen and oxygen atoms in total. The Morgan fingerprint density at radius 1 is 1.09 bits per heavy atom. The summed E-state index contributed by atoms with van der Waals surface area (Å²) >= 11 is 1.28. The molecule has 1 aromatic carbocycles. The average molecular weight is 493 g/mol. The number of amides is 1. The van der Waals surface area contributed by atoms with Crippen LogP contribution in [0.1, 0.15) is 5.56 Å². The van der Waals surface area contributed by atoms with Crippen molar-refractivity contribution < 1.29 is 22.7 Å². The number of carbonyl (C=O) groups excluding carboxylic acids is 1. The topological polar surface area (TPSA) is 92.3 Å². The van der Waals surface area contributed by atoms with E-state index in [0.29, 0.717) is 56.7 Å². The molecule has 1 amide bonds. The van der Waals surface area contributed by atoms with Crippen molar-refractivity contribution in [1.82, 2.24) is 19.1 Å². The van der Waals surface area contributed by atoms with Crippen LogP contribution in [0, 0.1) is 0 Å². The van der Waals surface area contributed by atoms with Crippen molar-refractivity contribution in [2.24, 2.45) is 0 Å². The number of thioether (sulfide) groups is 1. The Kier molecular flexibility index (Phi) is 7.42. The molecule has 0 aliphatic carbocycles. The molecule has 0 atom stereocenters. The second-order valence-electron chi connectivity index (χ2n) is 8.06. The van der Waals surface area contributed by atoms with Gasteiger partial charge < -0.3 is 19.3 Å². The smallest absolute Gasteiger partial charge is 0.244 e. The van der Waals surface area contributed by atoms with Crippen LogP contribution in [-0.4, -0.2) is 92.7 Å². The summed E-state index contributed by atoms with van der Waals surface area (Å²) < 4.78 is 38.2. The molecule has 2 aliphatic rings. The quantitative estimate of drug-likeness (QED) is 0.538. The van der Waals surface area contributed by atoms with Gasteiger partial charge in [0, 0.05) is 46.0 Å². The highest BCUT2D eigenvalue weighted by molar-refractivity contribution is 7.99. The molecule has 0 N–H and O–H groups in total. The summed E-state index contributed by atoms with van der Waals surface area (Å²) in [5.74, 6) is 1.58. The van der Waals surface area contributed by atoms with Crippen molar-refractivity contribution >= 4 is 27.7 Å². The molecule has 2 aromatic rings. The van der Waals surface area contributed by atoms with Crippen LogP contribution < -0.4 is 9.47 Å². The monoisotopic (exact) mass is 492 g/mol. The Bertz CT molecular complexity index is 1090. The SMILES string of the molecule is CN1CCN(S(=O)(=O)c2ccc(SCC(=O)N(C)Cc3ccc4c(c3)OCCO4)nc2)CC1. The Morgan fingerprint density at radius 3 is 2.52 bits per heavy atom. The predicted octanol–water partition coefficient (Wildman–Crippen LogP) is 1.54. The fourth-order valence-electron chi connectivity index (χ4n) is 3.58. The number of sulfonamides is 1. The molecule has 178 valence electrons. The van der Waals surface area contributed by atoms with Crippen LogP contribution in [-0.2, 0) is 21.4 Å². The van der Waals surface area contributed by atoms with Gasteiger partial charge in [0.15, 0.2) is 11.5 Å². The largest absolute Gasteiger partial charge is 0.486 e. The van der Waals surface area contributed by atoms with E-state index in [0.717, 1.165) is 11.3 Å². The zero-order chi connectivity index (χ0) is 23.4. The Balaban J connectivity index is 1.30. The zero-order valence-corrected chi connectivity index (χ0v) is 20.4. The molecule has 3 heterocycles. The molecule has 2 aliphatic heterocycles. The van der Waals surface area contributed by atoms with E-state index in [2.05, 4.69) is 9.88 Å². The predicted molar refractivity (Wildman–Crippen MR) is 125 cm³/mol. The number of benzene rings is 1. The number of nitrogens with zero attached hydrogens (tertiary/aromatic N) is 4. The fraction of sp³-hybridized carbons (Fsp3) is 0.455. The molecule has 1 saturated heterocycles. The maximum Gasteiger partial charge on any atom is 0.244 e. The van der Waals surface area contributed by atoms with Gasteiger partial charge in [-0.3, -0.25) is 4.79 Å². The van der Waals surface area contributed by atoms with Crippen molar-refractivity contribution in [3.05, 3.63) is 42.1 Å². The third-order valence-electron chi connectivity index (χ3n) is 5.60. The summed E-state index contributed by atoms with van der Waals surface area (Å²) in [4.78, 5) is 20.8. The van der Waals surface area contributed by atoms with Gasteiger partial charge in [0.1, 0.15) is 18.1 Å². The standard InChI is InChI=1S/C22H28N4O5S2/c1-24-7-9-26(10-8-24)33(28,29)18-4-6-21(23-14-18)32-16-22(27)25(2)15-17-3-5-19-20(13-17)31-12-11-30-19/h3-6,13-14H,7-12,15-16H2,1-2H3. The minimum absolute atomic E-state index is 0.0502. The van der Waals surface area contributed by atoms with E-state index in [1.54, 1.807) is 24.1 Å². The van der Waals surface area contributed by atoms with E-state index in [1.165, 1.54) is 22.3 Å². The van der Waals surface area contributed by atoms with E-state index in [-0.39, 0.29) is 16.6 Å². The van der Waals surface area contributed by atoms with E-state index in [9.17, 15) is 13.2 Å². The molecular weight excluding hydrogens is 464 g/mol. The minimum Gasteiger partial charge on any atom is -0.486 e. The van der Waals surface area contributed by atoms with Crippen molar-refractivity contribution in [2.75, 3.05) is 59.2 Å². The zero-order valence-electron chi connectivity index (χ0n) is 18.8. The van der Waals surface area contributed by atoms with Crippen LogP contribution in [0.4, 0.5) is 0 Å². The lowest BCUT2D eigenvalue weighted by molar-refractivity contribution is -0.127. The molecular formula is C22H28N4O5S2. The van der Waals surface area contributed by atoms with Gasteiger partial charge in [0.25, 0.3) is 0 Å². The van der Waals surface area contributed by atoms with Crippen molar-refractivity contribution in [3.63, 3.8) is 0 Å². The van der Waals surface area contributed by atoms with Gasteiger partial charge >= 0.3 is 0 Å². The maximum atomic E-state index is 12.8. The highest BCUT2D eigenvalue weighted by atomic mass is 32.2. The van der Waals surface area contributed by atoms with Gasteiger partial charge in [-0.05, 0) is 36.9 Å². The number of fused-ring (bicyclic) bond motifs is 1. The molecule has 33 heavy (non-hydrogen) atoms. The van der Waals surface area contributed by atoms with E-state index >= 15 is 0 Å². The van der Waals surface area contributed by atoms with Crippen LogP contribution in [0.15, 0.2) is 46.5 Å². The van der Waals surface area contributed by atoms with Gasteiger partial charge in [-0.25, -0.2) is 13.4 Å². The van der Waals surface area contributed by atoms with Crippen LogP contribution in [0.3, 0.4) is 0 Å². The summed E-state index contributed by atoms with van der Waals surface area (Å²) in [7, 11) is 0.180. The lowest BCUT2D eigenvalue weighted by Gasteiger charge is -2.31. The Morgan fingerprint density at radius 2 is 1.82 bits per heavy atom. The maximum absolute atomic E-state index is 12.8. The van der Waals surface area contributed by atoms with Gasteiger partial charge in [0.05, 0.1) is 10.8 Å². The van der Waals surface area contributed by atoms with Crippen LogP contribution in [0.2, 0.25) is 0 Å². The minimum atomic E-state index is -3.55. The van der Waals surface area contributed by atoms with Crippen molar-refractivity contribution in [3.8, 4) is 11.5 Å². The summed E-state index contributed by atoms with van der Waals surface area (Å²) in [5, 5.41) is 0.605. The first kappa shape index (κ1) is 23.8. The highest BCUT2D eigenvalue weighted by Crippen LogP contribution is 2.31. The van der Waals surface area contributed by atoms with E-state index in [1.807, 2.05) is 25.2 Å².